The Hall–Kier alpha value is -1.09. The molecule has 1 aromatic rings. The predicted molar refractivity (Wildman–Crippen MR) is 64.4 cm³/mol. The Bertz CT molecular complexity index is 315. The summed E-state index contributed by atoms with van der Waals surface area (Å²) in [4.78, 5) is 0. The molecule has 0 unspecified atom stereocenters. The van der Waals surface area contributed by atoms with Crippen molar-refractivity contribution in [3.05, 3.63) is 29.6 Å². The van der Waals surface area contributed by atoms with Gasteiger partial charge in [-0.3, -0.25) is 0 Å². The highest BCUT2D eigenvalue weighted by molar-refractivity contribution is 5.29. The van der Waals surface area contributed by atoms with E-state index in [9.17, 15) is 4.39 Å². The van der Waals surface area contributed by atoms with Crippen LogP contribution in [0.5, 0.6) is 5.75 Å². The summed E-state index contributed by atoms with van der Waals surface area (Å²) in [6.07, 6.45) is 3.12. The Morgan fingerprint density at radius 2 is 2.12 bits per heavy atom. The number of aryl methyl sites for hydroxylation is 1. The van der Waals surface area contributed by atoms with E-state index in [1.54, 1.807) is 12.1 Å². The van der Waals surface area contributed by atoms with Crippen LogP contribution in [0.1, 0.15) is 25.3 Å². The second-order valence-corrected chi connectivity index (χ2v) is 3.76. The number of ether oxygens (including phenoxy) is 1. The van der Waals surface area contributed by atoms with Crippen molar-refractivity contribution in [1.29, 1.82) is 0 Å². The lowest BCUT2D eigenvalue weighted by molar-refractivity contribution is 0.321. The topological polar surface area (TPSA) is 21.3 Å². The number of rotatable bonds is 7. The van der Waals surface area contributed by atoms with Crippen molar-refractivity contribution in [3.8, 4) is 5.75 Å². The van der Waals surface area contributed by atoms with Crippen LogP contribution in [0.3, 0.4) is 0 Å². The highest BCUT2D eigenvalue weighted by Gasteiger charge is 2.03. The van der Waals surface area contributed by atoms with Crippen molar-refractivity contribution in [2.45, 2.75) is 26.2 Å². The fourth-order valence-electron chi connectivity index (χ4n) is 1.60. The van der Waals surface area contributed by atoms with Gasteiger partial charge in [-0.15, -0.1) is 0 Å². The zero-order valence-corrected chi connectivity index (χ0v) is 10.1. The van der Waals surface area contributed by atoms with E-state index >= 15 is 0 Å². The molecule has 0 aliphatic heterocycles. The van der Waals surface area contributed by atoms with Crippen molar-refractivity contribution in [2.75, 3.05) is 20.2 Å². The van der Waals surface area contributed by atoms with Crippen molar-refractivity contribution in [1.82, 2.24) is 5.32 Å². The van der Waals surface area contributed by atoms with E-state index in [1.807, 2.05) is 20.0 Å². The van der Waals surface area contributed by atoms with Gasteiger partial charge >= 0.3 is 0 Å². The van der Waals surface area contributed by atoms with Gasteiger partial charge in [-0.25, -0.2) is 4.39 Å². The summed E-state index contributed by atoms with van der Waals surface area (Å²) >= 11 is 0. The number of hydrogen-bond acceptors (Lipinski definition) is 2. The first-order chi connectivity index (χ1) is 7.77. The van der Waals surface area contributed by atoms with Crippen molar-refractivity contribution in [2.24, 2.45) is 0 Å². The third kappa shape index (κ3) is 4.19. The van der Waals surface area contributed by atoms with Crippen LogP contribution in [-0.2, 0) is 6.42 Å². The molecule has 0 aromatic heterocycles. The second kappa shape index (κ2) is 7.23. The largest absolute Gasteiger partial charge is 0.491 e. The Morgan fingerprint density at radius 1 is 1.31 bits per heavy atom. The fourth-order valence-corrected chi connectivity index (χ4v) is 1.60. The number of halogens is 1. The summed E-state index contributed by atoms with van der Waals surface area (Å²) in [6, 6.07) is 5.23. The van der Waals surface area contributed by atoms with Gasteiger partial charge in [0.1, 0.15) is 0 Å². The summed E-state index contributed by atoms with van der Waals surface area (Å²) in [5, 5.41) is 3.10. The minimum atomic E-state index is -0.257. The number of nitrogens with one attached hydrogen (secondary N) is 1. The highest BCUT2D eigenvalue weighted by Crippen LogP contribution is 2.19. The first-order valence-electron chi connectivity index (χ1n) is 5.83. The summed E-state index contributed by atoms with van der Waals surface area (Å²) in [5.74, 6) is 0.0921. The average molecular weight is 225 g/mol. The van der Waals surface area contributed by atoms with Crippen LogP contribution < -0.4 is 10.1 Å². The molecule has 2 nitrogen and oxygen atoms in total. The Labute approximate surface area is 96.8 Å². The lowest BCUT2D eigenvalue weighted by Gasteiger charge is -2.06. The van der Waals surface area contributed by atoms with E-state index < -0.39 is 0 Å². The lowest BCUT2D eigenvalue weighted by Crippen LogP contribution is -2.07. The molecule has 90 valence electrons. The molecular formula is C13H20FNO. The maximum absolute atomic E-state index is 13.5. The van der Waals surface area contributed by atoms with E-state index in [4.69, 9.17) is 4.74 Å². The van der Waals surface area contributed by atoms with Crippen molar-refractivity contribution < 1.29 is 9.13 Å². The monoisotopic (exact) mass is 225 g/mol. The fraction of sp³-hybridized carbons (Fsp3) is 0.538. The number of benzene rings is 1. The zero-order valence-electron chi connectivity index (χ0n) is 10.1. The Morgan fingerprint density at radius 3 is 2.75 bits per heavy atom. The van der Waals surface area contributed by atoms with Gasteiger partial charge in [0.15, 0.2) is 11.6 Å². The quantitative estimate of drug-likeness (QED) is 0.720. The molecule has 16 heavy (non-hydrogen) atoms. The van der Waals surface area contributed by atoms with E-state index in [0.29, 0.717) is 12.4 Å². The molecule has 0 amide bonds. The molecule has 1 rings (SSSR count). The van der Waals surface area contributed by atoms with Crippen LogP contribution in [-0.4, -0.2) is 20.2 Å². The van der Waals surface area contributed by atoms with Gasteiger partial charge in [-0.2, -0.15) is 0 Å². The SMILES string of the molecule is CCOc1ccc(CCCCNC)cc1F. The zero-order chi connectivity index (χ0) is 11.8. The van der Waals surface area contributed by atoms with Gasteiger partial charge in [0, 0.05) is 0 Å². The predicted octanol–water partition coefficient (Wildman–Crippen LogP) is 2.77. The molecule has 0 radical (unpaired) electrons. The van der Waals surface area contributed by atoms with Crippen LogP contribution in [0.25, 0.3) is 0 Å². The smallest absolute Gasteiger partial charge is 0.165 e. The summed E-state index contributed by atoms with van der Waals surface area (Å²) in [6.45, 7) is 3.36. The molecular weight excluding hydrogens is 205 g/mol. The molecule has 0 saturated carbocycles. The first-order valence-corrected chi connectivity index (χ1v) is 5.83. The molecule has 0 aliphatic rings. The molecule has 1 aromatic carbocycles. The van der Waals surface area contributed by atoms with Gasteiger partial charge in [0.2, 0.25) is 0 Å². The number of hydrogen-bond donors (Lipinski definition) is 1. The molecule has 0 fully saturated rings. The highest BCUT2D eigenvalue weighted by atomic mass is 19.1. The van der Waals surface area contributed by atoms with E-state index in [2.05, 4.69) is 5.32 Å². The van der Waals surface area contributed by atoms with Crippen LogP contribution in [0.15, 0.2) is 18.2 Å². The van der Waals surface area contributed by atoms with Gasteiger partial charge < -0.3 is 10.1 Å². The van der Waals surface area contributed by atoms with Gasteiger partial charge in [-0.1, -0.05) is 6.07 Å². The van der Waals surface area contributed by atoms with Gasteiger partial charge in [-0.05, 0) is 57.5 Å². The average Bonchev–Trinajstić information content (AvgIpc) is 2.28. The maximum atomic E-state index is 13.5. The minimum absolute atomic E-state index is 0.257. The van der Waals surface area contributed by atoms with E-state index in [0.717, 1.165) is 31.4 Å². The van der Waals surface area contributed by atoms with Crippen LogP contribution in [0.4, 0.5) is 4.39 Å². The molecule has 0 saturated heterocycles. The summed E-state index contributed by atoms with van der Waals surface area (Å²) in [7, 11) is 1.94. The van der Waals surface area contributed by atoms with Crippen LogP contribution >= 0.6 is 0 Å². The van der Waals surface area contributed by atoms with E-state index in [1.165, 1.54) is 0 Å². The Balaban J connectivity index is 2.46. The van der Waals surface area contributed by atoms with Crippen LogP contribution in [0, 0.1) is 5.82 Å². The number of unbranched alkanes of at least 4 members (excludes halogenated alkanes) is 1. The standard InChI is InChI=1S/C13H20FNO/c1-3-16-13-8-7-11(10-12(13)14)6-4-5-9-15-2/h7-8,10,15H,3-6,9H2,1-2H3. The first kappa shape index (κ1) is 13.0. The third-order valence-corrected chi connectivity index (χ3v) is 2.44. The Kier molecular flexibility index (Phi) is 5.86. The maximum Gasteiger partial charge on any atom is 0.165 e. The van der Waals surface area contributed by atoms with Gasteiger partial charge in [0.05, 0.1) is 6.61 Å². The summed E-state index contributed by atoms with van der Waals surface area (Å²) < 4.78 is 18.6. The normalized spacial score (nSPS) is 10.4. The van der Waals surface area contributed by atoms with Crippen molar-refractivity contribution in [3.63, 3.8) is 0 Å². The van der Waals surface area contributed by atoms with Crippen molar-refractivity contribution >= 4 is 0 Å². The molecule has 0 bridgehead atoms. The van der Waals surface area contributed by atoms with Gasteiger partial charge in [0.25, 0.3) is 0 Å². The molecule has 0 spiro atoms. The lowest BCUT2D eigenvalue weighted by atomic mass is 10.1. The minimum Gasteiger partial charge on any atom is -0.491 e. The summed E-state index contributed by atoms with van der Waals surface area (Å²) in [5.41, 5.74) is 1.04. The molecule has 3 heteroatoms. The second-order valence-electron chi connectivity index (χ2n) is 3.76. The molecule has 1 N–H and O–H groups in total. The molecule has 0 heterocycles. The molecule has 0 aliphatic carbocycles. The van der Waals surface area contributed by atoms with Crippen LogP contribution in [0.2, 0.25) is 0 Å². The third-order valence-electron chi connectivity index (χ3n) is 2.44. The molecule has 0 atom stereocenters. The van der Waals surface area contributed by atoms with E-state index in [-0.39, 0.29) is 5.82 Å².